The summed E-state index contributed by atoms with van der Waals surface area (Å²) in [4.78, 5) is 21.2. The lowest BCUT2D eigenvalue weighted by atomic mass is 9.97. The molecule has 0 aliphatic carbocycles. The number of aryl methyl sites for hydroxylation is 2. The number of hydrogen-bond donors (Lipinski definition) is 0. The number of hydrogen-bond acceptors (Lipinski definition) is 6. The summed E-state index contributed by atoms with van der Waals surface area (Å²) in [6, 6.07) is 11.8. The van der Waals surface area contributed by atoms with E-state index >= 15 is 0 Å². The van der Waals surface area contributed by atoms with Crippen LogP contribution >= 0.6 is 11.8 Å². The molecule has 2 aromatic heterocycles. The number of thioether (sulfide) groups is 1. The third kappa shape index (κ3) is 3.66. The van der Waals surface area contributed by atoms with Gasteiger partial charge >= 0.3 is 5.97 Å². The van der Waals surface area contributed by atoms with E-state index in [2.05, 4.69) is 15.1 Å². The summed E-state index contributed by atoms with van der Waals surface area (Å²) >= 11 is 1.31. The summed E-state index contributed by atoms with van der Waals surface area (Å²) in [6.45, 7) is 5.88. The Morgan fingerprint density at radius 1 is 1.20 bits per heavy atom. The Kier molecular flexibility index (Phi) is 5.03. The Bertz CT molecular complexity index is 895. The first-order valence-corrected chi connectivity index (χ1v) is 8.88. The van der Waals surface area contributed by atoms with Crippen molar-refractivity contribution in [3.63, 3.8) is 0 Å². The number of aromatic nitrogens is 4. The second-order valence-corrected chi connectivity index (χ2v) is 7.01. The van der Waals surface area contributed by atoms with Crippen molar-refractivity contribution in [1.29, 1.82) is 0 Å². The van der Waals surface area contributed by atoms with Gasteiger partial charge in [-0.3, -0.25) is 4.79 Å². The minimum atomic E-state index is -0.439. The van der Waals surface area contributed by atoms with Gasteiger partial charge in [0.25, 0.3) is 5.78 Å². The highest BCUT2D eigenvalue weighted by Crippen LogP contribution is 2.33. The lowest BCUT2D eigenvalue weighted by Gasteiger charge is -2.20. The molecule has 0 aliphatic heterocycles. The Hall–Kier alpha value is -2.41. The summed E-state index contributed by atoms with van der Waals surface area (Å²) in [5.74, 6) is 0.207. The second-order valence-electron chi connectivity index (χ2n) is 5.91. The molecule has 0 saturated carbocycles. The molecule has 0 spiro atoms. The van der Waals surface area contributed by atoms with E-state index in [0.29, 0.717) is 10.9 Å². The molecule has 130 valence electrons. The number of rotatable bonds is 5. The number of ether oxygens (including phenoxy) is 1. The molecule has 3 rings (SSSR count). The van der Waals surface area contributed by atoms with Crippen molar-refractivity contribution in [2.75, 3.05) is 7.11 Å². The molecule has 25 heavy (non-hydrogen) atoms. The van der Waals surface area contributed by atoms with Crippen molar-refractivity contribution in [1.82, 2.24) is 19.6 Å². The van der Waals surface area contributed by atoms with Crippen LogP contribution in [0.3, 0.4) is 0 Å². The Morgan fingerprint density at radius 2 is 1.92 bits per heavy atom. The monoisotopic (exact) mass is 356 g/mol. The van der Waals surface area contributed by atoms with Crippen molar-refractivity contribution in [3.05, 3.63) is 53.3 Å². The summed E-state index contributed by atoms with van der Waals surface area (Å²) in [7, 11) is 1.40. The standard InChI is InChI=1S/C18H20N4O2S/c1-11-10-12(2)22-17(19-11)20-18(21-22)25-15(16(23)24-4)13(3)14-8-6-5-7-9-14/h5-10,13,15H,1-4H3/t13-,15+/m0/s1. The highest BCUT2D eigenvalue weighted by atomic mass is 32.2. The van der Waals surface area contributed by atoms with Crippen molar-refractivity contribution in [2.24, 2.45) is 0 Å². The van der Waals surface area contributed by atoms with Crippen molar-refractivity contribution >= 4 is 23.5 Å². The zero-order chi connectivity index (χ0) is 18.0. The maximum atomic E-state index is 12.3. The highest BCUT2D eigenvalue weighted by molar-refractivity contribution is 8.00. The fraction of sp³-hybridized carbons (Fsp3) is 0.333. The first kappa shape index (κ1) is 17.4. The van der Waals surface area contributed by atoms with E-state index in [4.69, 9.17) is 4.74 Å². The van der Waals surface area contributed by atoms with E-state index in [1.165, 1.54) is 18.9 Å². The fourth-order valence-corrected chi connectivity index (χ4v) is 3.76. The molecule has 0 fully saturated rings. The maximum Gasteiger partial charge on any atom is 0.319 e. The third-order valence-corrected chi connectivity index (χ3v) is 5.28. The van der Waals surface area contributed by atoms with E-state index in [9.17, 15) is 4.79 Å². The maximum absolute atomic E-state index is 12.3. The average molecular weight is 356 g/mol. The number of methoxy groups -OCH3 is 1. The van der Waals surface area contributed by atoms with Crippen LogP contribution in [0.25, 0.3) is 5.78 Å². The first-order chi connectivity index (χ1) is 12.0. The molecule has 0 saturated heterocycles. The number of carbonyl (C=O) groups excluding carboxylic acids is 1. The van der Waals surface area contributed by atoms with Crippen LogP contribution < -0.4 is 0 Å². The molecular weight excluding hydrogens is 336 g/mol. The smallest absolute Gasteiger partial charge is 0.319 e. The largest absolute Gasteiger partial charge is 0.468 e. The SMILES string of the molecule is COC(=O)[C@H](Sc1nc2nc(C)cc(C)n2n1)[C@@H](C)c1ccccc1. The van der Waals surface area contributed by atoms with Gasteiger partial charge in [-0.05, 0) is 25.5 Å². The number of esters is 1. The van der Waals surface area contributed by atoms with Crippen LogP contribution in [0.5, 0.6) is 0 Å². The van der Waals surface area contributed by atoms with Crippen LogP contribution in [0, 0.1) is 13.8 Å². The van der Waals surface area contributed by atoms with Gasteiger partial charge in [-0.2, -0.15) is 4.98 Å². The van der Waals surface area contributed by atoms with Gasteiger partial charge < -0.3 is 4.74 Å². The van der Waals surface area contributed by atoms with Gasteiger partial charge in [0.15, 0.2) is 0 Å². The summed E-state index contributed by atoms with van der Waals surface area (Å²) in [5.41, 5.74) is 2.91. The molecule has 3 aromatic rings. The fourth-order valence-electron chi connectivity index (χ4n) is 2.71. The quantitative estimate of drug-likeness (QED) is 0.517. The van der Waals surface area contributed by atoms with Crippen molar-refractivity contribution in [2.45, 2.75) is 37.1 Å². The van der Waals surface area contributed by atoms with E-state index in [-0.39, 0.29) is 11.9 Å². The number of nitrogens with zero attached hydrogens (tertiary/aromatic N) is 4. The van der Waals surface area contributed by atoms with Crippen LogP contribution in [0.2, 0.25) is 0 Å². The zero-order valence-electron chi connectivity index (χ0n) is 14.6. The summed E-state index contributed by atoms with van der Waals surface area (Å²) < 4.78 is 6.70. The number of benzene rings is 1. The lowest BCUT2D eigenvalue weighted by Crippen LogP contribution is -2.25. The van der Waals surface area contributed by atoms with Gasteiger partial charge in [-0.25, -0.2) is 9.50 Å². The van der Waals surface area contributed by atoms with E-state index in [1.54, 1.807) is 4.52 Å². The molecule has 2 atom stereocenters. The molecule has 6 nitrogen and oxygen atoms in total. The molecule has 0 amide bonds. The Labute approximate surface area is 150 Å². The van der Waals surface area contributed by atoms with E-state index in [0.717, 1.165) is 17.0 Å². The summed E-state index contributed by atoms with van der Waals surface area (Å²) in [5, 5.41) is 4.56. The predicted molar refractivity (Wildman–Crippen MR) is 96.8 cm³/mol. The topological polar surface area (TPSA) is 69.4 Å². The van der Waals surface area contributed by atoms with Gasteiger partial charge in [-0.15, -0.1) is 5.10 Å². The van der Waals surface area contributed by atoms with Crippen LogP contribution in [-0.4, -0.2) is 37.9 Å². The van der Waals surface area contributed by atoms with Crippen LogP contribution in [0.4, 0.5) is 0 Å². The highest BCUT2D eigenvalue weighted by Gasteiger charge is 2.30. The van der Waals surface area contributed by atoms with Crippen LogP contribution in [0.15, 0.2) is 41.6 Å². The molecule has 0 radical (unpaired) electrons. The van der Waals surface area contributed by atoms with Crippen LogP contribution in [0.1, 0.15) is 29.8 Å². The van der Waals surface area contributed by atoms with E-state index < -0.39 is 5.25 Å². The lowest BCUT2D eigenvalue weighted by molar-refractivity contribution is -0.140. The molecule has 0 bridgehead atoms. The van der Waals surface area contributed by atoms with Gasteiger partial charge in [0, 0.05) is 17.3 Å². The Balaban J connectivity index is 1.93. The molecule has 2 heterocycles. The molecular formula is C18H20N4O2S. The second kappa shape index (κ2) is 7.23. The van der Waals surface area contributed by atoms with Gasteiger partial charge in [0.2, 0.25) is 5.16 Å². The first-order valence-electron chi connectivity index (χ1n) is 8.00. The molecule has 1 aromatic carbocycles. The molecule has 0 aliphatic rings. The molecule has 7 heteroatoms. The van der Waals surface area contributed by atoms with Gasteiger partial charge in [-0.1, -0.05) is 49.0 Å². The predicted octanol–water partition coefficient (Wildman–Crippen LogP) is 3.18. The zero-order valence-corrected chi connectivity index (χ0v) is 15.4. The number of fused-ring (bicyclic) bond motifs is 1. The number of carbonyl (C=O) groups is 1. The Morgan fingerprint density at radius 3 is 2.60 bits per heavy atom. The normalized spacial score (nSPS) is 13.6. The summed E-state index contributed by atoms with van der Waals surface area (Å²) in [6.07, 6.45) is 0. The van der Waals surface area contributed by atoms with Crippen molar-refractivity contribution < 1.29 is 9.53 Å². The minimum Gasteiger partial charge on any atom is -0.468 e. The van der Waals surface area contributed by atoms with E-state index in [1.807, 2.05) is 57.2 Å². The molecule has 0 unspecified atom stereocenters. The average Bonchev–Trinajstić information content (AvgIpc) is 3.02. The molecule has 0 N–H and O–H groups in total. The minimum absolute atomic E-state index is 0.0407. The van der Waals surface area contributed by atoms with Crippen molar-refractivity contribution in [3.8, 4) is 0 Å². The third-order valence-electron chi connectivity index (χ3n) is 4.04. The van der Waals surface area contributed by atoms with Gasteiger partial charge in [0.1, 0.15) is 5.25 Å². The van der Waals surface area contributed by atoms with Gasteiger partial charge in [0.05, 0.1) is 7.11 Å². The van der Waals surface area contributed by atoms with Crippen LogP contribution in [-0.2, 0) is 9.53 Å².